The minimum absolute atomic E-state index is 0.149. The number of carbonyl (C=O) groups excluding carboxylic acids is 1. The molecule has 0 radical (unpaired) electrons. The Bertz CT molecular complexity index is 1100. The molecule has 4 aromatic rings. The molecule has 0 aliphatic carbocycles. The van der Waals surface area contributed by atoms with Crippen LogP contribution >= 0.6 is 11.3 Å². The number of rotatable bonds is 7. The molecule has 1 atom stereocenters. The zero-order chi connectivity index (χ0) is 20.9. The van der Waals surface area contributed by atoms with Gasteiger partial charge in [-0.2, -0.15) is 5.10 Å². The van der Waals surface area contributed by atoms with E-state index in [1.165, 1.54) is 0 Å². The Morgan fingerprint density at radius 3 is 2.53 bits per heavy atom. The smallest absolute Gasteiger partial charge is 0.255 e. The van der Waals surface area contributed by atoms with Crippen LogP contribution in [0.15, 0.2) is 78.3 Å². The number of nitrogens with one attached hydrogen (secondary N) is 1. The summed E-state index contributed by atoms with van der Waals surface area (Å²) in [5.74, 6) is 0.672. The molecule has 0 aliphatic heterocycles. The van der Waals surface area contributed by atoms with E-state index in [2.05, 4.69) is 5.32 Å². The Hall–Kier alpha value is -3.38. The fourth-order valence-electron chi connectivity index (χ4n) is 3.23. The van der Waals surface area contributed by atoms with Crippen LogP contribution in [0.3, 0.4) is 0 Å². The first-order chi connectivity index (χ1) is 14.7. The summed E-state index contributed by atoms with van der Waals surface area (Å²) in [7, 11) is 0. The van der Waals surface area contributed by atoms with Gasteiger partial charge in [-0.1, -0.05) is 36.4 Å². The van der Waals surface area contributed by atoms with Crippen molar-refractivity contribution < 1.29 is 9.53 Å². The highest BCUT2D eigenvalue weighted by Crippen LogP contribution is 2.28. The maximum atomic E-state index is 13.2. The standard InChI is InChI=1S/C24H23N3O2S/c1-3-29-20-13-11-18(12-14-20)17(2)25-24(28)21-16-27(19-8-5-4-6-9-19)26-23(21)22-10-7-15-30-22/h4-17H,3H2,1-2H3,(H,25,28). The number of nitrogens with zero attached hydrogens (tertiary/aromatic N) is 2. The third-order valence-electron chi connectivity index (χ3n) is 4.77. The van der Waals surface area contributed by atoms with Crippen LogP contribution < -0.4 is 10.1 Å². The van der Waals surface area contributed by atoms with Crippen molar-refractivity contribution in [2.75, 3.05) is 6.61 Å². The second kappa shape index (κ2) is 8.97. The van der Waals surface area contributed by atoms with Crippen molar-refractivity contribution in [3.8, 4) is 22.0 Å². The van der Waals surface area contributed by atoms with E-state index >= 15 is 0 Å². The molecule has 0 saturated heterocycles. The summed E-state index contributed by atoms with van der Waals surface area (Å²) in [6.45, 7) is 4.56. The van der Waals surface area contributed by atoms with Gasteiger partial charge in [-0.05, 0) is 55.1 Å². The Morgan fingerprint density at radius 1 is 1.10 bits per heavy atom. The van der Waals surface area contributed by atoms with E-state index in [0.29, 0.717) is 17.9 Å². The number of thiophene rings is 1. The quantitative estimate of drug-likeness (QED) is 0.433. The van der Waals surface area contributed by atoms with E-state index < -0.39 is 0 Å². The summed E-state index contributed by atoms with van der Waals surface area (Å²) in [5, 5.41) is 9.80. The zero-order valence-corrected chi connectivity index (χ0v) is 17.7. The summed E-state index contributed by atoms with van der Waals surface area (Å²) in [6, 6.07) is 21.4. The van der Waals surface area contributed by atoms with E-state index in [-0.39, 0.29) is 11.9 Å². The lowest BCUT2D eigenvalue weighted by Gasteiger charge is -2.15. The molecule has 1 N–H and O–H groups in total. The molecule has 6 heteroatoms. The SMILES string of the molecule is CCOc1ccc(C(C)NC(=O)c2cn(-c3ccccc3)nc2-c2cccs2)cc1. The molecule has 0 bridgehead atoms. The molecule has 0 saturated carbocycles. The lowest BCUT2D eigenvalue weighted by molar-refractivity contribution is 0.0940. The van der Waals surface area contributed by atoms with Gasteiger partial charge in [0.2, 0.25) is 0 Å². The summed E-state index contributed by atoms with van der Waals surface area (Å²) < 4.78 is 7.25. The molecule has 1 unspecified atom stereocenters. The molecule has 2 aromatic carbocycles. The average Bonchev–Trinajstić information content (AvgIpc) is 3.45. The maximum absolute atomic E-state index is 13.2. The first-order valence-electron chi connectivity index (χ1n) is 9.88. The summed E-state index contributed by atoms with van der Waals surface area (Å²) >= 11 is 1.57. The fraction of sp³-hybridized carbons (Fsp3) is 0.167. The number of hydrogen-bond acceptors (Lipinski definition) is 4. The normalized spacial score (nSPS) is 11.8. The molecule has 0 aliphatic rings. The highest BCUT2D eigenvalue weighted by atomic mass is 32.1. The van der Waals surface area contributed by atoms with Gasteiger partial charge in [-0.25, -0.2) is 4.68 Å². The molecule has 5 nitrogen and oxygen atoms in total. The molecule has 4 rings (SSSR count). The Kier molecular flexibility index (Phi) is 5.95. The van der Waals surface area contributed by atoms with E-state index in [1.54, 1.807) is 22.2 Å². The fourth-order valence-corrected chi connectivity index (χ4v) is 3.95. The molecule has 0 fully saturated rings. The number of amides is 1. The van der Waals surface area contributed by atoms with Gasteiger partial charge in [-0.15, -0.1) is 11.3 Å². The predicted molar refractivity (Wildman–Crippen MR) is 120 cm³/mol. The van der Waals surface area contributed by atoms with Gasteiger partial charge in [0, 0.05) is 6.20 Å². The Morgan fingerprint density at radius 2 is 1.87 bits per heavy atom. The van der Waals surface area contributed by atoms with Crippen molar-refractivity contribution in [1.29, 1.82) is 0 Å². The van der Waals surface area contributed by atoms with Gasteiger partial charge in [0.1, 0.15) is 11.4 Å². The van der Waals surface area contributed by atoms with Gasteiger partial charge in [-0.3, -0.25) is 4.79 Å². The molecular formula is C24H23N3O2S. The van der Waals surface area contributed by atoms with Crippen LogP contribution in [-0.2, 0) is 0 Å². The number of aromatic nitrogens is 2. The molecule has 2 aromatic heterocycles. The second-order valence-electron chi connectivity index (χ2n) is 6.85. The first-order valence-corrected chi connectivity index (χ1v) is 10.8. The predicted octanol–water partition coefficient (Wildman–Crippen LogP) is 5.49. The van der Waals surface area contributed by atoms with E-state index in [9.17, 15) is 4.79 Å². The molecular weight excluding hydrogens is 394 g/mol. The number of carbonyl (C=O) groups is 1. The van der Waals surface area contributed by atoms with Crippen LogP contribution in [0.2, 0.25) is 0 Å². The topological polar surface area (TPSA) is 56.1 Å². The lowest BCUT2D eigenvalue weighted by Crippen LogP contribution is -2.26. The first kappa shape index (κ1) is 19.9. The summed E-state index contributed by atoms with van der Waals surface area (Å²) in [4.78, 5) is 14.1. The van der Waals surface area contributed by atoms with Crippen LogP contribution in [0, 0.1) is 0 Å². The zero-order valence-electron chi connectivity index (χ0n) is 16.9. The third-order valence-corrected chi connectivity index (χ3v) is 5.65. The molecule has 2 heterocycles. The average molecular weight is 418 g/mol. The number of benzene rings is 2. The van der Waals surface area contributed by atoms with Crippen molar-refractivity contribution in [2.24, 2.45) is 0 Å². The van der Waals surface area contributed by atoms with Gasteiger partial charge < -0.3 is 10.1 Å². The summed E-state index contributed by atoms with van der Waals surface area (Å²) in [5.41, 5.74) is 3.16. The van der Waals surface area contributed by atoms with Crippen molar-refractivity contribution in [2.45, 2.75) is 19.9 Å². The number of ether oxygens (including phenoxy) is 1. The minimum Gasteiger partial charge on any atom is -0.494 e. The van der Waals surface area contributed by atoms with E-state index in [4.69, 9.17) is 9.84 Å². The maximum Gasteiger partial charge on any atom is 0.255 e. The Balaban J connectivity index is 1.60. The molecule has 1 amide bonds. The second-order valence-corrected chi connectivity index (χ2v) is 7.79. The summed E-state index contributed by atoms with van der Waals surface area (Å²) in [6.07, 6.45) is 1.80. The van der Waals surface area contributed by atoms with Crippen LogP contribution in [0.1, 0.15) is 35.8 Å². The molecule has 0 spiro atoms. The monoisotopic (exact) mass is 417 g/mol. The van der Waals surface area contributed by atoms with Gasteiger partial charge in [0.25, 0.3) is 5.91 Å². The Labute approximate surface area is 179 Å². The van der Waals surface area contributed by atoms with Gasteiger partial charge >= 0.3 is 0 Å². The van der Waals surface area contributed by atoms with Crippen molar-refractivity contribution in [3.63, 3.8) is 0 Å². The van der Waals surface area contributed by atoms with Crippen molar-refractivity contribution >= 4 is 17.2 Å². The lowest BCUT2D eigenvalue weighted by atomic mass is 10.1. The van der Waals surface area contributed by atoms with Crippen molar-refractivity contribution in [3.05, 3.63) is 89.4 Å². The molecule has 30 heavy (non-hydrogen) atoms. The molecule has 152 valence electrons. The van der Waals surface area contributed by atoms with Crippen LogP contribution in [-0.4, -0.2) is 22.3 Å². The van der Waals surface area contributed by atoms with Gasteiger partial charge in [0.05, 0.1) is 28.8 Å². The van der Waals surface area contributed by atoms with E-state index in [1.807, 2.05) is 86.0 Å². The third kappa shape index (κ3) is 4.28. The highest BCUT2D eigenvalue weighted by Gasteiger charge is 2.21. The van der Waals surface area contributed by atoms with Crippen LogP contribution in [0.25, 0.3) is 16.3 Å². The number of para-hydroxylation sites is 1. The minimum atomic E-state index is -0.151. The van der Waals surface area contributed by atoms with E-state index in [0.717, 1.165) is 21.9 Å². The van der Waals surface area contributed by atoms with Crippen LogP contribution in [0.4, 0.5) is 0 Å². The van der Waals surface area contributed by atoms with Crippen LogP contribution in [0.5, 0.6) is 5.75 Å². The van der Waals surface area contributed by atoms with Crippen molar-refractivity contribution in [1.82, 2.24) is 15.1 Å². The highest BCUT2D eigenvalue weighted by molar-refractivity contribution is 7.13. The van der Waals surface area contributed by atoms with Gasteiger partial charge in [0.15, 0.2) is 0 Å². The number of hydrogen-bond donors (Lipinski definition) is 1. The largest absolute Gasteiger partial charge is 0.494 e.